The first-order chi connectivity index (χ1) is 31.7. The number of benzene rings is 2. The highest BCUT2D eigenvalue weighted by Crippen LogP contribution is 2.42. The number of nitrogens with zero attached hydrogens (tertiary/aromatic N) is 3. The van der Waals surface area contributed by atoms with E-state index >= 15 is 4.39 Å². The summed E-state index contributed by atoms with van der Waals surface area (Å²) in [6, 6.07) is 15.2. The van der Waals surface area contributed by atoms with E-state index < -0.39 is 61.1 Å². The normalized spacial score (nSPS) is 13.7. The summed E-state index contributed by atoms with van der Waals surface area (Å²) in [4.78, 5) is 77.2. The van der Waals surface area contributed by atoms with Crippen molar-refractivity contribution in [3.63, 3.8) is 0 Å². The molecular weight excluding hydrogens is 903 g/mol. The molecule has 6 amide bonds. The fraction of sp³-hybridized carbons (Fsp3) is 0.500. The molecule has 2 heterocycles. The zero-order chi connectivity index (χ0) is 49.1. The maximum absolute atomic E-state index is 15.3. The Morgan fingerprint density at radius 3 is 2.12 bits per heavy atom. The zero-order valence-corrected chi connectivity index (χ0v) is 41.3. The van der Waals surface area contributed by atoms with Gasteiger partial charge in [0.15, 0.2) is 0 Å². The third-order valence-corrected chi connectivity index (χ3v) is 13.4. The Kier molecular flexibility index (Phi) is 21.2. The van der Waals surface area contributed by atoms with Crippen molar-refractivity contribution in [2.45, 2.75) is 84.4 Å². The van der Waals surface area contributed by atoms with Crippen LogP contribution in [0.2, 0.25) is 25.7 Å². The van der Waals surface area contributed by atoms with Crippen molar-refractivity contribution in [2.24, 2.45) is 11.1 Å². The van der Waals surface area contributed by atoms with Gasteiger partial charge in [0.1, 0.15) is 24.3 Å². The van der Waals surface area contributed by atoms with Crippen molar-refractivity contribution in [3.8, 4) is 11.1 Å². The highest BCUT2D eigenvalue weighted by molar-refractivity contribution is 7.99. The largest absolute Gasteiger partial charge is 0.446 e. The van der Waals surface area contributed by atoms with Crippen LogP contribution in [0.25, 0.3) is 11.1 Å². The molecule has 4 N–H and O–H groups in total. The SMILES string of the molecule is CC(C)(C)[C@H](c1cc(-c2cc(F)ccc2F)cn1Cc1ccccc1)N(CCC(CC[Si](C)(C)C)OC(N)=O)C(=O)CSCCC(=O)NCCOCCOCCNC(=O)CN1C(=O)C=CC1=O. The van der Waals surface area contributed by atoms with Crippen LogP contribution in [0.1, 0.15) is 57.3 Å². The molecule has 0 saturated heterocycles. The van der Waals surface area contributed by atoms with Crippen molar-refractivity contribution >= 4 is 55.5 Å². The number of hydrogen-bond donors (Lipinski definition) is 3. The molecule has 0 spiro atoms. The average Bonchev–Trinajstić information content (AvgIpc) is 3.80. The Morgan fingerprint density at radius 1 is 0.866 bits per heavy atom. The molecule has 0 bridgehead atoms. The van der Waals surface area contributed by atoms with Gasteiger partial charge >= 0.3 is 6.09 Å². The van der Waals surface area contributed by atoms with E-state index in [1.165, 1.54) is 17.8 Å². The minimum absolute atomic E-state index is 0.0446. The fourth-order valence-electron chi connectivity index (χ4n) is 7.44. The minimum Gasteiger partial charge on any atom is -0.446 e. The number of hydrogen-bond acceptors (Lipinski definition) is 10. The van der Waals surface area contributed by atoms with Gasteiger partial charge in [0.2, 0.25) is 17.7 Å². The highest BCUT2D eigenvalue weighted by Gasteiger charge is 2.38. The number of ether oxygens (including phenoxy) is 3. The van der Waals surface area contributed by atoms with E-state index in [9.17, 15) is 33.2 Å². The highest BCUT2D eigenvalue weighted by atomic mass is 32.2. The summed E-state index contributed by atoms with van der Waals surface area (Å²) in [7, 11) is -1.55. The first-order valence-electron chi connectivity index (χ1n) is 22.5. The second kappa shape index (κ2) is 26.2. The molecule has 2 aromatic carbocycles. The number of nitrogens with two attached hydrogens (primary N) is 1. The molecule has 19 heteroatoms. The summed E-state index contributed by atoms with van der Waals surface area (Å²) in [6.07, 6.45) is 3.66. The van der Waals surface area contributed by atoms with E-state index in [-0.39, 0.29) is 82.2 Å². The number of carbonyl (C=O) groups excluding carboxylic acids is 6. The molecule has 67 heavy (non-hydrogen) atoms. The lowest BCUT2D eigenvalue weighted by atomic mass is 9.82. The van der Waals surface area contributed by atoms with Crippen molar-refractivity contribution in [2.75, 3.05) is 64.1 Å². The predicted octanol–water partition coefficient (Wildman–Crippen LogP) is 6.29. The maximum Gasteiger partial charge on any atom is 0.404 e. The molecule has 0 aliphatic carbocycles. The van der Waals surface area contributed by atoms with Crippen LogP contribution >= 0.6 is 11.8 Å². The lowest BCUT2D eigenvalue weighted by Gasteiger charge is -2.41. The molecule has 366 valence electrons. The Labute approximate surface area is 397 Å². The fourth-order valence-corrected chi connectivity index (χ4v) is 9.44. The lowest BCUT2D eigenvalue weighted by molar-refractivity contribution is -0.141. The summed E-state index contributed by atoms with van der Waals surface area (Å²) in [5, 5.41) is 5.39. The van der Waals surface area contributed by atoms with Gasteiger partial charge in [-0.25, -0.2) is 13.6 Å². The molecule has 3 aromatic rings. The molecule has 1 aliphatic rings. The van der Waals surface area contributed by atoms with E-state index in [1.807, 2.05) is 61.7 Å². The molecule has 2 atom stereocenters. The molecule has 1 aliphatic heterocycles. The minimum atomic E-state index is -1.55. The Balaban J connectivity index is 1.37. The number of amides is 6. The molecule has 0 fully saturated rings. The van der Waals surface area contributed by atoms with Crippen LogP contribution in [0.5, 0.6) is 0 Å². The van der Waals surface area contributed by atoms with Crippen molar-refractivity contribution in [1.82, 2.24) is 25.0 Å². The Hall–Kier alpha value is -5.37. The van der Waals surface area contributed by atoms with E-state index in [2.05, 4.69) is 30.3 Å². The maximum atomic E-state index is 15.3. The van der Waals surface area contributed by atoms with E-state index in [4.69, 9.17) is 19.9 Å². The first kappa shape index (κ1) is 54.2. The topological polar surface area (TPSA) is 192 Å². The first-order valence-corrected chi connectivity index (χ1v) is 27.3. The molecule has 0 saturated carbocycles. The molecular formula is C48H66F2N6O9SSi. The van der Waals surface area contributed by atoms with E-state index in [1.54, 1.807) is 11.1 Å². The van der Waals surface area contributed by atoms with Gasteiger partial charge < -0.3 is 40.0 Å². The van der Waals surface area contributed by atoms with Crippen LogP contribution < -0.4 is 16.4 Å². The van der Waals surface area contributed by atoms with E-state index in [0.717, 1.165) is 40.8 Å². The number of imide groups is 1. The number of aromatic nitrogens is 1. The Bertz CT molecular complexity index is 2160. The third kappa shape index (κ3) is 18.7. The van der Waals surface area contributed by atoms with Gasteiger partial charge in [-0.3, -0.25) is 28.9 Å². The second-order valence-corrected chi connectivity index (χ2v) is 25.2. The van der Waals surface area contributed by atoms with Gasteiger partial charge in [-0.2, -0.15) is 11.8 Å². The van der Waals surface area contributed by atoms with Crippen LogP contribution in [0.3, 0.4) is 0 Å². The van der Waals surface area contributed by atoms with Gasteiger partial charge in [0.25, 0.3) is 11.8 Å². The van der Waals surface area contributed by atoms with Crippen LogP contribution in [0, 0.1) is 17.0 Å². The number of rotatable bonds is 28. The molecule has 1 unspecified atom stereocenters. The molecule has 1 aromatic heterocycles. The van der Waals surface area contributed by atoms with Gasteiger partial charge in [-0.05, 0) is 41.7 Å². The summed E-state index contributed by atoms with van der Waals surface area (Å²) in [6.45, 7) is 14.4. The number of thioether (sulfide) groups is 1. The lowest BCUT2D eigenvalue weighted by Crippen LogP contribution is -2.44. The van der Waals surface area contributed by atoms with Crippen molar-refractivity contribution in [3.05, 3.63) is 95.8 Å². The summed E-state index contributed by atoms with van der Waals surface area (Å²) >= 11 is 1.32. The monoisotopic (exact) mass is 968 g/mol. The quantitative estimate of drug-likeness (QED) is 0.0423. The number of primary amides is 1. The zero-order valence-electron chi connectivity index (χ0n) is 39.4. The summed E-state index contributed by atoms with van der Waals surface area (Å²) in [5.74, 6) is -2.71. The van der Waals surface area contributed by atoms with Gasteiger partial charge in [0.05, 0.1) is 38.2 Å². The van der Waals surface area contributed by atoms with Gasteiger partial charge in [0, 0.05) is 88.0 Å². The number of halogens is 2. The summed E-state index contributed by atoms with van der Waals surface area (Å²) in [5.41, 5.74) is 7.18. The van der Waals surface area contributed by atoms with Crippen LogP contribution in [0.15, 0.2) is 72.9 Å². The number of nitrogens with one attached hydrogen (secondary N) is 2. The van der Waals surface area contributed by atoms with Crippen LogP contribution in [0.4, 0.5) is 13.6 Å². The summed E-state index contributed by atoms with van der Waals surface area (Å²) < 4.78 is 48.4. The van der Waals surface area contributed by atoms with Crippen LogP contribution in [-0.2, 0) is 44.7 Å². The van der Waals surface area contributed by atoms with Gasteiger partial charge in [-0.15, -0.1) is 0 Å². The van der Waals surface area contributed by atoms with Crippen molar-refractivity contribution < 1.29 is 51.8 Å². The smallest absolute Gasteiger partial charge is 0.404 e. The van der Waals surface area contributed by atoms with Crippen molar-refractivity contribution in [1.29, 1.82) is 0 Å². The molecule has 4 rings (SSSR count). The Morgan fingerprint density at radius 2 is 1.51 bits per heavy atom. The third-order valence-electron chi connectivity index (χ3n) is 10.7. The number of carbonyl (C=O) groups is 6. The molecule has 0 radical (unpaired) electrons. The van der Waals surface area contributed by atoms with Gasteiger partial charge in [-0.1, -0.05) is 76.8 Å². The predicted molar refractivity (Wildman–Crippen MR) is 257 cm³/mol. The van der Waals surface area contributed by atoms with E-state index in [0.29, 0.717) is 36.4 Å². The second-order valence-electron chi connectivity index (χ2n) is 18.5. The standard InChI is InChI=1S/C48H66F2N6O9SSi/c1-48(2,3)46(40-28-35(38-29-36(49)12-13-39(38)50)31-54(40)30-34-10-8-7-9-11-34)55(21-16-37(65-47(51)62)18-27-67(4,5)6)45(61)33-66-26-17-41(57)52-19-22-63-24-25-64-23-20-53-42(58)32-56-43(59)14-15-44(56)60/h7-15,28-29,31,37,46H,16-27,30,32-33H2,1-6H3,(H2,51,62)(H,52,57)(H,53,58)/t37?,46-/m0/s1. The molecule has 15 nitrogen and oxygen atoms in total. The van der Waals surface area contributed by atoms with Crippen LogP contribution in [-0.4, -0.2) is 128 Å². The average molecular weight is 969 g/mol.